The summed E-state index contributed by atoms with van der Waals surface area (Å²) in [7, 11) is 1.56. The smallest absolute Gasteiger partial charge is 0.321 e. The first-order valence-electron chi connectivity index (χ1n) is 8.70. The Morgan fingerprint density at radius 2 is 2.08 bits per heavy atom. The van der Waals surface area contributed by atoms with Gasteiger partial charge in [0.05, 0.1) is 12.8 Å². The van der Waals surface area contributed by atoms with Crippen molar-refractivity contribution in [1.82, 2.24) is 15.1 Å². The maximum Gasteiger partial charge on any atom is 0.321 e. The van der Waals surface area contributed by atoms with Crippen molar-refractivity contribution < 1.29 is 13.9 Å². The van der Waals surface area contributed by atoms with Crippen LogP contribution in [-0.2, 0) is 0 Å². The van der Waals surface area contributed by atoms with E-state index in [0.29, 0.717) is 41.3 Å². The first-order valence-corrected chi connectivity index (χ1v) is 9.08. The van der Waals surface area contributed by atoms with Gasteiger partial charge in [0, 0.05) is 29.9 Å². The molecule has 0 unspecified atom stereocenters. The summed E-state index contributed by atoms with van der Waals surface area (Å²) >= 11 is 6.01. The van der Waals surface area contributed by atoms with Crippen LogP contribution >= 0.6 is 11.6 Å². The standard InChI is InChI=1S/C18H23ClN4O3/c1-11(2)16-21-22-17(26-16)12-6-8-23(9-7-12)18(24)20-14-10-13(19)4-5-15(14)25-3/h4-5,10-12H,6-9H2,1-3H3,(H,20,24). The molecular weight excluding hydrogens is 356 g/mol. The summed E-state index contributed by atoms with van der Waals surface area (Å²) in [6.45, 7) is 5.29. The van der Waals surface area contributed by atoms with Crippen LogP contribution < -0.4 is 10.1 Å². The minimum Gasteiger partial charge on any atom is -0.495 e. The lowest BCUT2D eigenvalue weighted by Crippen LogP contribution is -2.40. The number of likely N-dealkylation sites (tertiary alicyclic amines) is 1. The molecule has 140 valence electrons. The largest absolute Gasteiger partial charge is 0.495 e. The molecule has 26 heavy (non-hydrogen) atoms. The highest BCUT2D eigenvalue weighted by atomic mass is 35.5. The molecular formula is C18H23ClN4O3. The fraction of sp³-hybridized carbons (Fsp3) is 0.500. The Morgan fingerprint density at radius 1 is 1.35 bits per heavy atom. The van der Waals surface area contributed by atoms with Crippen LogP contribution in [-0.4, -0.2) is 41.3 Å². The highest BCUT2D eigenvalue weighted by Gasteiger charge is 2.28. The molecule has 2 aromatic rings. The molecule has 0 atom stereocenters. The van der Waals surface area contributed by atoms with Gasteiger partial charge in [0.25, 0.3) is 0 Å². The predicted molar refractivity (Wildman–Crippen MR) is 99.0 cm³/mol. The first kappa shape index (κ1) is 18.5. The van der Waals surface area contributed by atoms with E-state index in [1.54, 1.807) is 30.2 Å². The summed E-state index contributed by atoms with van der Waals surface area (Å²) in [5, 5.41) is 11.7. The van der Waals surface area contributed by atoms with Crippen molar-refractivity contribution in [2.75, 3.05) is 25.5 Å². The predicted octanol–water partition coefficient (Wildman–Crippen LogP) is 4.27. The second-order valence-electron chi connectivity index (χ2n) is 6.67. The second-order valence-corrected chi connectivity index (χ2v) is 7.11. The first-order chi connectivity index (χ1) is 12.5. The SMILES string of the molecule is COc1ccc(Cl)cc1NC(=O)N1CCC(c2nnc(C(C)C)o2)CC1. The molecule has 8 heteroatoms. The van der Waals surface area contributed by atoms with Crippen LogP contribution in [0.5, 0.6) is 5.75 Å². The van der Waals surface area contributed by atoms with Gasteiger partial charge in [-0.05, 0) is 31.0 Å². The zero-order valence-electron chi connectivity index (χ0n) is 15.2. The van der Waals surface area contributed by atoms with Crippen molar-refractivity contribution in [3.05, 3.63) is 35.0 Å². The average molecular weight is 379 g/mol. The minimum absolute atomic E-state index is 0.169. The fourth-order valence-corrected chi connectivity index (χ4v) is 3.12. The number of carbonyl (C=O) groups excluding carboxylic acids is 1. The molecule has 1 aliphatic heterocycles. The summed E-state index contributed by atoms with van der Waals surface area (Å²) in [4.78, 5) is 14.3. The van der Waals surface area contributed by atoms with E-state index in [9.17, 15) is 4.79 Å². The van der Waals surface area contributed by atoms with Gasteiger partial charge in [0.1, 0.15) is 5.75 Å². The van der Waals surface area contributed by atoms with Crippen LogP contribution in [0, 0.1) is 0 Å². The maximum atomic E-state index is 12.5. The lowest BCUT2D eigenvalue weighted by molar-refractivity contribution is 0.189. The summed E-state index contributed by atoms with van der Waals surface area (Å²) in [5.74, 6) is 2.32. The number of piperidine rings is 1. The molecule has 7 nitrogen and oxygen atoms in total. The molecule has 1 aliphatic rings. The van der Waals surface area contributed by atoms with Crippen molar-refractivity contribution in [3.63, 3.8) is 0 Å². The van der Waals surface area contributed by atoms with Gasteiger partial charge in [-0.3, -0.25) is 0 Å². The van der Waals surface area contributed by atoms with E-state index in [4.69, 9.17) is 20.8 Å². The number of carbonyl (C=O) groups is 1. The van der Waals surface area contributed by atoms with Gasteiger partial charge < -0.3 is 19.4 Å². The van der Waals surface area contributed by atoms with Gasteiger partial charge in [-0.2, -0.15) is 0 Å². The highest BCUT2D eigenvalue weighted by molar-refractivity contribution is 6.31. The van der Waals surface area contributed by atoms with E-state index in [0.717, 1.165) is 12.8 Å². The number of aromatic nitrogens is 2. The Hall–Kier alpha value is -2.28. The Balaban J connectivity index is 1.59. The van der Waals surface area contributed by atoms with Crippen molar-refractivity contribution in [2.24, 2.45) is 0 Å². The molecule has 0 radical (unpaired) electrons. The third kappa shape index (κ3) is 4.09. The summed E-state index contributed by atoms with van der Waals surface area (Å²) < 4.78 is 11.0. The Labute approximate surface area is 157 Å². The van der Waals surface area contributed by atoms with Gasteiger partial charge in [-0.1, -0.05) is 25.4 Å². The van der Waals surface area contributed by atoms with Crippen LogP contribution in [0.3, 0.4) is 0 Å². The van der Waals surface area contributed by atoms with E-state index in [1.165, 1.54) is 0 Å². The third-order valence-corrected chi connectivity index (χ3v) is 4.72. The van der Waals surface area contributed by atoms with Crippen LogP contribution in [0.15, 0.2) is 22.6 Å². The van der Waals surface area contributed by atoms with E-state index in [2.05, 4.69) is 15.5 Å². The van der Waals surface area contributed by atoms with Crippen molar-refractivity contribution in [2.45, 2.75) is 38.5 Å². The zero-order valence-corrected chi connectivity index (χ0v) is 15.9. The lowest BCUT2D eigenvalue weighted by atomic mass is 9.97. The summed E-state index contributed by atoms with van der Waals surface area (Å²) in [5.41, 5.74) is 0.561. The summed E-state index contributed by atoms with van der Waals surface area (Å²) in [6.07, 6.45) is 1.58. The minimum atomic E-state index is -0.169. The van der Waals surface area contributed by atoms with Gasteiger partial charge in [-0.25, -0.2) is 4.79 Å². The second kappa shape index (κ2) is 7.95. The number of amides is 2. The molecule has 1 aromatic carbocycles. The van der Waals surface area contributed by atoms with Gasteiger partial charge in [0.15, 0.2) is 0 Å². The Kier molecular flexibility index (Phi) is 5.66. The molecule has 1 saturated heterocycles. The van der Waals surface area contributed by atoms with E-state index < -0.39 is 0 Å². The number of hydrogen-bond acceptors (Lipinski definition) is 5. The number of ether oxygens (including phenoxy) is 1. The fourth-order valence-electron chi connectivity index (χ4n) is 2.95. The molecule has 2 amide bonds. The van der Waals surface area contributed by atoms with E-state index in [1.807, 2.05) is 13.8 Å². The monoisotopic (exact) mass is 378 g/mol. The number of nitrogens with zero attached hydrogens (tertiary/aromatic N) is 3. The molecule has 0 saturated carbocycles. The number of rotatable bonds is 4. The number of nitrogens with one attached hydrogen (secondary N) is 1. The van der Waals surface area contributed by atoms with E-state index in [-0.39, 0.29) is 17.9 Å². The number of methoxy groups -OCH3 is 1. The van der Waals surface area contributed by atoms with Gasteiger partial charge >= 0.3 is 6.03 Å². The molecule has 1 fully saturated rings. The van der Waals surface area contributed by atoms with Crippen LogP contribution in [0.2, 0.25) is 5.02 Å². The highest BCUT2D eigenvalue weighted by Crippen LogP contribution is 2.30. The molecule has 1 N–H and O–H groups in total. The quantitative estimate of drug-likeness (QED) is 0.859. The number of anilines is 1. The number of hydrogen-bond donors (Lipinski definition) is 1. The normalized spacial score (nSPS) is 15.3. The Morgan fingerprint density at radius 3 is 2.69 bits per heavy atom. The molecule has 1 aromatic heterocycles. The van der Waals surface area contributed by atoms with Gasteiger partial charge in [0.2, 0.25) is 11.8 Å². The number of halogens is 1. The lowest BCUT2D eigenvalue weighted by Gasteiger charge is -2.30. The Bertz CT molecular complexity index is 770. The zero-order chi connectivity index (χ0) is 18.7. The number of benzene rings is 1. The molecule has 0 spiro atoms. The molecule has 0 bridgehead atoms. The van der Waals surface area contributed by atoms with Crippen molar-refractivity contribution in [3.8, 4) is 5.75 Å². The third-order valence-electron chi connectivity index (χ3n) is 4.48. The maximum absolute atomic E-state index is 12.5. The van der Waals surface area contributed by atoms with E-state index >= 15 is 0 Å². The van der Waals surface area contributed by atoms with Crippen molar-refractivity contribution in [1.29, 1.82) is 0 Å². The topological polar surface area (TPSA) is 80.5 Å². The van der Waals surface area contributed by atoms with Crippen LogP contribution in [0.4, 0.5) is 10.5 Å². The molecule has 0 aliphatic carbocycles. The number of urea groups is 1. The summed E-state index contributed by atoms with van der Waals surface area (Å²) in [6, 6.07) is 4.96. The van der Waals surface area contributed by atoms with Gasteiger partial charge in [-0.15, -0.1) is 10.2 Å². The van der Waals surface area contributed by atoms with Crippen LogP contribution in [0.25, 0.3) is 0 Å². The van der Waals surface area contributed by atoms with Crippen molar-refractivity contribution >= 4 is 23.3 Å². The molecule has 2 heterocycles. The molecule has 3 rings (SSSR count). The average Bonchev–Trinajstić information content (AvgIpc) is 3.12. The van der Waals surface area contributed by atoms with Crippen LogP contribution in [0.1, 0.15) is 50.3 Å².